The predicted molar refractivity (Wildman–Crippen MR) is 74.9 cm³/mol. The Morgan fingerprint density at radius 2 is 1.86 bits per heavy atom. The molecule has 110 valence electrons. The van der Waals surface area contributed by atoms with Crippen LogP contribution < -0.4 is 4.74 Å². The van der Waals surface area contributed by atoms with E-state index in [-0.39, 0.29) is 22.7 Å². The highest BCUT2D eigenvalue weighted by Gasteiger charge is 2.18. The molecule has 0 spiro atoms. The molecule has 0 aliphatic rings. The van der Waals surface area contributed by atoms with Gasteiger partial charge >= 0.3 is 0 Å². The first-order chi connectivity index (χ1) is 9.91. The normalized spacial score (nSPS) is 12.0. The van der Waals surface area contributed by atoms with Crippen molar-refractivity contribution in [2.75, 3.05) is 0 Å². The number of nitro groups is 1. The molecule has 0 aliphatic heterocycles. The van der Waals surface area contributed by atoms with Crippen molar-refractivity contribution in [2.24, 2.45) is 0 Å². The second-order valence-electron chi connectivity index (χ2n) is 4.59. The monoisotopic (exact) mass is 291 g/mol. The van der Waals surface area contributed by atoms with Crippen molar-refractivity contribution in [3.8, 4) is 11.5 Å². The van der Waals surface area contributed by atoms with Gasteiger partial charge in [0, 0.05) is 6.07 Å². The highest BCUT2D eigenvalue weighted by molar-refractivity contribution is 5.50. The van der Waals surface area contributed by atoms with Crippen LogP contribution >= 0.6 is 0 Å². The zero-order chi connectivity index (χ0) is 15.6. The first-order valence-corrected chi connectivity index (χ1v) is 6.30. The molecule has 0 saturated carbocycles. The van der Waals surface area contributed by atoms with Crippen LogP contribution in [0.4, 0.5) is 10.1 Å². The molecule has 0 aliphatic carbocycles. The third-order valence-electron chi connectivity index (χ3n) is 3.10. The zero-order valence-electron chi connectivity index (χ0n) is 11.5. The summed E-state index contributed by atoms with van der Waals surface area (Å²) in [5.74, 6) is -0.212. The van der Waals surface area contributed by atoms with Crippen LogP contribution in [0, 0.1) is 22.9 Å². The minimum atomic E-state index is -1.06. The Labute approximate surface area is 120 Å². The summed E-state index contributed by atoms with van der Waals surface area (Å²) in [6.07, 6.45) is -1.06. The molecule has 1 N–H and O–H groups in total. The fourth-order valence-corrected chi connectivity index (χ4v) is 2.04. The van der Waals surface area contributed by atoms with E-state index in [0.29, 0.717) is 5.56 Å². The van der Waals surface area contributed by atoms with E-state index in [1.807, 2.05) is 0 Å². The Morgan fingerprint density at radius 3 is 2.48 bits per heavy atom. The van der Waals surface area contributed by atoms with Gasteiger partial charge in [0.25, 0.3) is 5.69 Å². The van der Waals surface area contributed by atoms with Gasteiger partial charge in [0.05, 0.1) is 22.2 Å². The van der Waals surface area contributed by atoms with Gasteiger partial charge in [0.1, 0.15) is 17.3 Å². The van der Waals surface area contributed by atoms with E-state index in [4.69, 9.17) is 4.74 Å². The van der Waals surface area contributed by atoms with Crippen molar-refractivity contribution in [1.29, 1.82) is 0 Å². The number of hydrogen-bond donors (Lipinski definition) is 1. The van der Waals surface area contributed by atoms with Crippen molar-refractivity contribution in [3.63, 3.8) is 0 Å². The van der Waals surface area contributed by atoms with E-state index in [9.17, 15) is 19.6 Å². The van der Waals surface area contributed by atoms with Crippen molar-refractivity contribution >= 4 is 5.69 Å². The van der Waals surface area contributed by atoms with E-state index in [1.54, 1.807) is 13.0 Å². The summed E-state index contributed by atoms with van der Waals surface area (Å²) in [4.78, 5) is 10.4. The third-order valence-corrected chi connectivity index (χ3v) is 3.10. The molecule has 0 fully saturated rings. The van der Waals surface area contributed by atoms with E-state index in [1.165, 1.54) is 37.3 Å². The number of nitro benzene ring substituents is 1. The molecule has 2 aromatic rings. The Balaban J connectivity index is 2.47. The van der Waals surface area contributed by atoms with Crippen LogP contribution in [0.2, 0.25) is 0 Å². The molecule has 0 bridgehead atoms. The van der Waals surface area contributed by atoms with Crippen molar-refractivity contribution in [2.45, 2.75) is 20.0 Å². The van der Waals surface area contributed by atoms with Gasteiger partial charge in [0.15, 0.2) is 0 Å². The SMILES string of the molecule is Cc1c(Oc2cccc(F)c2[C@@H](C)O)cccc1[N+](=O)[O-]. The first kappa shape index (κ1) is 14.9. The maximum absolute atomic E-state index is 13.8. The standard InChI is InChI=1S/C15H14FNO4/c1-9-12(17(19)20)6-4-7-13(9)21-14-8-3-5-11(16)15(14)10(2)18/h3-8,10,18H,1-2H3/t10-/m1/s1. The van der Waals surface area contributed by atoms with Crippen LogP contribution in [0.3, 0.4) is 0 Å². The fraction of sp³-hybridized carbons (Fsp3) is 0.200. The van der Waals surface area contributed by atoms with Gasteiger partial charge in [-0.2, -0.15) is 0 Å². The minimum absolute atomic E-state index is 0.0170. The lowest BCUT2D eigenvalue weighted by Crippen LogP contribution is -2.01. The topological polar surface area (TPSA) is 72.6 Å². The molecule has 2 rings (SSSR count). The smallest absolute Gasteiger partial charge is 0.276 e. The van der Waals surface area contributed by atoms with Crippen LogP contribution in [0.1, 0.15) is 24.2 Å². The second kappa shape index (κ2) is 5.88. The molecule has 6 heteroatoms. The number of hydrogen-bond acceptors (Lipinski definition) is 4. The van der Waals surface area contributed by atoms with Gasteiger partial charge in [-0.15, -0.1) is 0 Å². The summed E-state index contributed by atoms with van der Waals surface area (Å²) in [6, 6.07) is 8.58. The Kier molecular flexibility index (Phi) is 4.18. The summed E-state index contributed by atoms with van der Waals surface area (Å²) in [5.41, 5.74) is 0.272. The lowest BCUT2D eigenvalue weighted by atomic mass is 10.1. The number of ether oxygens (including phenoxy) is 1. The van der Waals surface area contributed by atoms with Gasteiger partial charge in [-0.1, -0.05) is 12.1 Å². The summed E-state index contributed by atoms with van der Waals surface area (Å²) in [7, 11) is 0. The van der Waals surface area contributed by atoms with E-state index in [0.717, 1.165) is 0 Å². The maximum atomic E-state index is 13.8. The zero-order valence-corrected chi connectivity index (χ0v) is 11.5. The quantitative estimate of drug-likeness (QED) is 0.685. The summed E-state index contributed by atoms with van der Waals surface area (Å²) in [6.45, 7) is 2.97. The highest BCUT2D eigenvalue weighted by atomic mass is 19.1. The van der Waals surface area contributed by atoms with E-state index < -0.39 is 16.8 Å². The summed E-state index contributed by atoms with van der Waals surface area (Å²) >= 11 is 0. The van der Waals surface area contributed by atoms with Crippen LogP contribution in [0.5, 0.6) is 11.5 Å². The number of aliphatic hydroxyl groups is 1. The number of halogens is 1. The molecule has 21 heavy (non-hydrogen) atoms. The molecule has 0 heterocycles. The van der Waals surface area contributed by atoms with Gasteiger partial charge in [0.2, 0.25) is 0 Å². The average molecular weight is 291 g/mol. The van der Waals surface area contributed by atoms with Gasteiger partial charge in [-0.3, -0.25) is 10.1 Å². The van der Waals surface area contributed by atoms with Gasteiger partial charge in [-0.25, -0.2) is 4.39 Å². The maximum Gasteiger partial charge on any atom is 0.276 e. The Bertz CT molecular complexity index is 685. The Hall–Kier alpha value is -2.47. The average Bonchev–Trinajstić information content (AvgIpc) is 2.40. The van der Waals surface area contributed by atoms with Crippen LogP contribution in [-0.2, 0) is 0 Å². The number of nitrogens with zero attached hydrogens (tertiary/aromatic N) is 1. The fourth-order valence-electron chi connectivity index (χ4n) is 2.04. The van der Waals surface area contributed by atoms with Gasteiger partial charge in [-0.05, 0) is 32.0 Å². The molecule has 0 amide bonds. The molecule has 0 radical (unpaired) electrons. The van der Waals surface area contributed by atoms with Crippen molar-refractivity contribution in [3.05, 3.63) is 63.5 Å². The number of rotatable bonds is 4. The third kappa shape index (κ3) is 3.00. The molecular weight excluding hydrogens is 277 g/mol. The first-order valence-electron chi connectivity index (χ1n) is 6.30. The van der Waals surface area contributed by atoms with Gasteiger partial charge < -0.3 is 9.84 Å². The lowest BCUT2D eigenvalue weighted by molar-refractivity contribution is -0.385. The molecular formula is C15H14FNO4. The van der Waals surface area contributed by atoms with Crippen molar-refractivity contribution in [1.82, 2.24) is 0 Å². The molecule has 5 nitrogen and oxygen atoms in total. The molecule has 0 saturated heterocycles. The molecule has 2 aromatic carbocycles. The van der Waals surface area contributed by atoms with Crippen LogP contribution in [0.25, 0.3) is 0 Å². The van der Waals surface area contributed by atoms with Crippen molar-refractivity contribution < 1.29 is 19.2 Å². The van der Waals surface area contributed by atoms with Crippen LogP contribution in [0.15, 0.2) is 36.4 Å². The minimum Gasteiger partial charge on any atom is -0.456 e. The van der Waals surface area contributed by atoms with E-state index >= 15 is 0 Å². The van der Waals surface area contributed by atoms with E-state index in [2.05, 4.69) is 0 Å². The summed E-state index contributed by atoms with van der Waals surface area (Å²) < 4.78 is 19.3. The summed E-state index contributed by atoms with van der Waals surface area (Å²) in [5, 5.41) is 20.6. The number of aliphatic hydroxyl groups excluding tert-OH is 1. The lowest BCUT2D eigenvalue weighted by Gasteiger charge is -2.15. The van der Waals surface area contributed by atoms with Crippen LogP contribution in [-0.4, -0.2) is 10.0 Å². The number of benzene rings is 2. The highest BCUT2D eigenvalue weighted by Crippen LogP contribution is 2.35. The largest absolute Gasteiger partial charge is 0.456 e. The molecule has 1 atom stereocenters. The predicted octanol–water partition coefficient (Wildman–Crippen LogP) is 3.89. The molecule has 0 unspecified atom stereocenters. The second-order valence-corrected chi connectivity index (χ2v) is 4.59. The Morgan fingerprint density at radius 1 is 1.24 bits per heavy atom. The molecule has 0 aromatic heterocycles.